The van der Waals surface area contributed by atoms with E-state index in [0.29, 0.717) is 30.1 Å². The fraction of sp³-hybridized carbons (Fsp3) is 0.947. The molecule has 0 aromatic carbocycles. The summed E-state index contributed by atoms with van der Waals surface area (Å²) in [5.74, 6) is -7.70. The van der Waals surface area contributed by atoms with Gasteiger partial charge in [-0.3, -0.25) is 4.79 Å². The number of fused-ring (bicyclic) bond motifs is 9. The molecule has 0 aromatic rings. The lowest BCUT2D eigenvalue weighted by Gasteiger charge is -2.37. The van der Waals surface area contributed by atoms with E-state index in [1.54, 1.807) is 0 Å². The number of carbonyl (C=O) groups excluding carboxylic acids is 1. The zero-order chi connectivity index (χ0) is 20.9. The highest BCUT2D eigenvalue weighted by molar-refractivity contribution is 5.73. The molecule has 5 fully saturated rings. The van der Waals surface area contributed by atoms with E-state index in [-0.39, 0.29) is 11.8 Å². The predicted molar refractivity (Wildman–Crippen MR) is 85.3 cm³/mol. The van der Waals surface area contributed by atoms with Gasteiger partial charge in [0.25, 0.3) is 0 Å². The molecular weight excluding hydrogens is 403 g/mol. The summed E-state index contributed by atoms with van der Waals surface area (Å²) in [6, 6.07) is 0. The normalized spacial score (nSPS) is 52.2. The van der Waals surface area contributed by atoms with Crippen LogP contribution in [-0.2, 0) is 14.3 Å². The van der Waals surface area contributed by atoms with E-state index in [2.05, 4.69) is 4.74 Å². The fourth-order valence-electron chi connectivity index (χ4n) is 7.28. The number of carbonyl (C=O) groups is 1. The van der Waals surface area contributed by atoms with Gasteiger partial charge in [0.15, 0.2) is 6.10 Å². The van der Waals surface area contributed by atoms with Crippen molar-refractivity contribution in [3.63, 3.8) is 0 Å². The van der Waals surface area contributed by atoms with Crippen LogP contribution in [0.15, 0.2) is 0 Å². The van der Waals surface area contributed by atoms with Crippen molar-refractivity contribution in [2.75, 3.05) is 6.61 Å². The molecule has 4 bridgehead atoms. The molecule has 10 heteroatoms. The summed E-state index contributed by atoms with van der Waals surface area (Å²) >= 11 is 0. The van der Waals surface area contributed by atoms with E-state index >= 15 is 0 Å². The lowest BCUT2D eigenvalue weighted by atomic mass is 9.67. The number of esters is 1. The van der Waals surface area contributed by atoms with Crippen molar-refractivity contribution in [2.45, 2.75) is 62.2 Å². The third kappa shape index (κ3) is 2.51. The molecule has 5 rings (SSSR count). The maximum Gasteiger partial charge on any atom is 0.449 e. The topological polar surface area (TPSA) is 76.0 Å². The van der Waals surface area contributed by atoms with Gasteiger partial charge in [0, 0.05) is 0 Å². The molecule has 0 spiro atoms. The second-order valence-corrected chi connectivity index (χ2v) is 9.49. The highest BCUT2D eigenvalue weighted by Crippen LogP contribution is 2.68. The lowest BCUT2D eigenvalue weighted by molar-refractivity contribution is -0.409. The summed E-state index contributed by atoms with van der Waals surface area (Å²) in [5, 5.41) is 18.9. The molecule has 10 unspecified atom stereocenters. The second-order valence-electron chi connectivity index (χ2n) is 9.49. The molecule has 1 saturated heterocycles. The van der Waals surface area contributed by atoms with Crippen molar-refractivity contribution in [3.05, 3.63) is 0 Å². The Hall–Kier alpha value is -1.00. The Bertz CT molecular complexity index is 714. The minimum absolute atomic E-state index is 0.177. The average molecular weight is 426 g/mol. The Morgan fingerprint density at radius 1 is 1.07 bits per heavy atom. The van der Waals surface area contributed by atoms with Gasteiger partial charge in [0.2, 0.25) is 0 Å². The molecule has 2 N–H and O–H groups in total. The van der Waals surface area contributed by atoms with Crippen molar-refractivity contribution < 1.29 is 46.4 Å². The van der Waals surface area contributed by atoms with Gasteiger partial charge in [0.1, 0.15) is 12.7 Å². The zero-order valence-electron chi connectivity index (χ0n) is 15.4. The number of aliphatic hydroxyl groups is 2. The molecule has 5 aliphatic rings. The van der Waals surface area contributed by atoms with Crippen LogP contribution in [0, 0.1) is 41.4 Å². The van der Waals surface area contributed by atoms with Crippen LogP contribution in [0.25, 0.3) is 0 Å². The summed E-state index contributed by atoms with van der Waals surface area (Å²) < 4.78 is 75.3. The summed E-state index contributed by atoms with van der Waals surface area (Å²) in [5.41, 5.74) is 0. The molecule has 1 aliphatic heterocycles. The number of ether oxygens (including phenoxy) is 2. The number of aliphatic hydroxyl groups excluding tert-OH is 1. The fourth-order valence-corrected chi connectivity index (χ4v) is 7.28. The molecule has 4 aliphatic carbocycles. The van der Waals surface area contributed by atoms with Crippen LogP contribution >= 0.6 is 0 Å². The quantitative estimate of drug-likeness (QED) is 0.412. The first-order valence-electron chi connectivity index (χ1n) is 10.1. The summed E-state index contributed by atoms with van der Waals surface area (Å²) in [7, 11) is 0. The molecule has 164 valence electrons. The van der Waals surface area contributed by atoms with Crippen molar-refractivity contribution in [2.24, 2.45) is 41.4 Å². The van der Waals surface area contributed by atoms with Gasteiger partial charge >= 0.3 is 23.9 Å². The van der Waals surface area contributed by atoms with Crippen LogP contribution in [0.5, 0.6) is 0 Å². The van der Waals surface area contributed by atoms with Crippen molar-refractivity contribution in [1.82, 2.24) is 0 Å². The van der Waals surface area contributed by atoms with Crippen LogP contribution in [0.2, 0.25) is 0 Å². The van der Waals surface area contributed by atoms with Gasteiger partial charge in [-0.25, -0.2) is 0 Å². The smallest absolute Gasteiger partial charge is 0.449 e. The lowest BCUT2D eigenvalue weighted by Crippen LogP contribution is -2.59. The van der Waals surface area contributed by atoms with Gasteiger partial charge in [0.05, 0.1) is 5.92 Å². The molecule has 5 nitrogen and oxygen atoms in total. The van der Waals surface area contributed by atoms with Crippen molar-refractivity contribution in [3.8, 4) is 0 Å². The molecule has 10 atom stereocenters. The van der Waals surface area contributed by atoms with Gasteiger partial charge in [-0.1, -0.05) is 0 Å². The summed E-state index contributed by atoms with van der Waals surface area (Å²) in [6.45, 7) is -0.970. The molecule has 0 amide bonds. The Balaban J connectivity index is 1.23. The highest BCUT2D eigenvalue weighted by atomic mass is 19.4. The zero-order valence-corrected chi connectivity index (χ0v) is 15.4. The SMILES string of the molecule is O=C(OCC1OC(O)(C(F)(F)F)C(F)(F)C1O)C1CC2CC1C1C3CCC(C3)C21. The first-order chi connectivity index (χ1) is 13.5. The molecule has 0 radical (unpaired) electrons. The molecule has 0 aromatic heterocycles. The number of hydrogen-bond acceptors (Lipinski definition) is 5. The van der Waals surface area contributed by atoms with Crippen LogP contribution in [0.1, 0.15) is 32.1 Å². The number of rotatable bonds is 3. The van der Waals surface area contributed by atoms with Crippen LogP contribution < -0.4 is 0 Å². The molecular formula is C19H23F5O5. The third-order valence-electron chi connectivity index (χ3n) is 8.31. The number of alkyl halides is 5. The monoisotopic (exact) mass is 426 g/mol. The Morgan fingerprint density at radius 3 is 2.34 bits per heavy atom. The number of halogens is 5. The summed E-state index contributed by atoms with van der Waals surface area (Å²) in [4.78, 5) is 12.6. The minimum Gasteiger partial charge on any atom is -0.463 e. The Labute approximate surface area is 163 Å². The van der Waals surface area contributed by atoms with E-state index in [1.165, 1.54) is 19.3 Å². The third-order valence-corrected chi connectivity index (χ3v) is 8.31. The van der Waals surface area contributed by atoms with E-state index in [9.17, 15) is 37.0 Å². The summed E-state index contributed by atoms with van der Waals surface area (Å²) in [6.07, 6.45) is -5.72. The van der Waals surface area contributed by atoms with E-state index in [1.807, 2.05) is 0 Å². The van der Waals surface area contributed by atoms with Gasteiger partial charge in [-0.2, -0.15) is 22.0 Å². The van der Waals surface area contributed by atoms with Crippen LogP contribution in [0.3, 0.4) is 0 Å². The largest absolute Gasteiger partial charge is 0.463 e. The van der Waals surface area contributed by atoms with E-state index in [0.717, 1.165) is 12.3 Å². The molecule has 1 heterocycles. The van der Waals surface area contributed by atoms with E-state index < -0.39 is 42.7 Å². The van der Waals surface area contributed by atoms with Crippen molar-refractivity contribution >= 4 is 5.97 Å². The van der Waals surface area contributed by atoms with E-state index in [4.69, 9.17) is 4.74 Å². The molecule has 29 heavy (non-hydrogen) atoms. The number of hydrogen-bond donors (Lipinski definition) is 2. The van der Waals surface area contributed by atoms with Crippen LogP contribution in [-0.4, -0.2) is 52.9 Å². The van der Waals surface area contributed by atoms with Gasteiger partial charge < -0.3 is 19.7 Å². The Morgan fingerprint density at radius 2 is 1.72 bits per heavy atom. The van der Waals surface area contributed by atoms with Gasteiger partial charge in [-0.05, 0) is 67.6 Å². The van der Waals surface area contributed by atoms with Crippen molar-refractivity contribution in [1.29, 1.82) is 0 Å². The second kappa shape index (κ2) is 6.03. The Kier molecular flexibility index (Phi) is 4.15. The maximum absolute atomic E-state index is 13.8. The first-order valence-corrected chi connectivity index (χ1v) is 10.1. The highest BCUT2D eigenvalue weighted by Gasteiger charge is 2.79. The minimum atomic E-state index is -5.82. The van der Waals surface area contributed by atoms with Gasteiger partial charge in [-0.15, -0.1) is 0 Å². The molecule has 4 saturated carbocycles. The van der Waals surface area contributed by atoms with Crippen LogP contribution in [0.4, 0.5) is 22.0 Å². The standard InChI is InChI=1S/C19H23F5O5/c20-17(21)15(25)12(29-18(17,27)19(22,23)24)6-28-16(26)11-5-9-4-10(11)14-8-2-1-7(3-8)13(9)14/h7-15,25,27H,1-6H2. The average Bonchev–Trinajstić information content (AvgIpc) is 3.42. The maximum atomic E-state index is 13.8. The first kappa shape index (κ1) is 19.9. The predicted octanol–water partition coefficient (Wildman–Crippen LogP) is 2.49.